The molecule has 0 saturated heterocycles. The third kappa shape index (κ3) is 3.43. The molecule has 0 aromatic heterocycles. The van der Waals surface area contributed by atoms with Crippen LogP contribution in [-0.4, -0.2) is 10.8 Å². The van der Waals surface area contributed by atoms with Crippen LogP contribution < -0.4 is 5.32 Å². The van der Waals surface area contributed by atoms with Crippen molar-refractivity contribution in [3.8, 4) is 0 Å². The Labute approximate surface area is 124 Å². The fourth-order valence-corrected chi connectivity index (χ4v) is 1.94. The Balaban J connectivity index is 2.12. The number of hydrogen-bond donors (Lipinski definition) is 1. The van der Waals surface area contributed by atoms with Crippen LogP contribution in [0.4, 0.5) is 14.5 Å². The molecule has 1 N–H and O–H groups in total. The lowest BCUT2D eigenvalue weighted by atomic mass is 10.1. The van der Waals surface area contributed by atoms with Crippen molar-refractivity contribution in [2.45, 2.75) is 13.0 Å². The van der Waals surface area contributed by atoms with Gasteiger partial charge in [-0.05, 0) is 25.1 Å². The molecule has 0 heterocycles. The number of nitrogens with zero attached hydrogens (tertiary/aromatic N) is 1. The Kier molecular flexibility index (Phi) is 4.45. The highest BCUT2D eigenvalue weighted by Gasteiger charge is 2.16. The van der Waals surface area contributed by atoms with Crippen LogP contribution in [0.5, 0.6) is 0 Å². The number of halogens is 2. The Hall–Kier alpha value is -2.83. The van der Waals surface area contributed by atoms with Crippen LogP contribution in [0.1, 0.15) is 28.9 Å². The average Bonchev–Trinajstić information content (AvgIpc) is 2.47. The van der Waals surface area contributed by atoms with Crippen molar-refractivity contribution >= 4 is 11.6 Å². The van der Waals surface area contributed by atoms with Gasteiger partial charge in [0.2, 0.25) is 0 Å². The zero-order chi connectivity index (χ0) is 16.3. The number of benzene rings is 2. The van der Waals surface area contributed by atoms with Crippen LogP contribution in [-0.2, 0) is 0 Å². The van der Waals surface area contributed by atoms with Crippen molar-refractivity contribution in [2.75, 3.05) is 0 Å². The van der Waals surface area contributed by atoms with E-state index in [1.165, 1.54) is 30.3 Å². The summed E-state index contributed by atoms with van der Waals surface area (Å²) >= 11 is 0. The Morgan fingerprint density at radius 3 is 2.36 bits per heavy atom. The van der Waals surface area contributed by atoms with E-state index in [4.69, 9.17) is 0 Å². The third-order valence-electron chi connectivity index (χ3n) is 3.12. The summed E-state index contributed by atoms with van der Waals surface area (Å²) in [6.45, 7) is 1.56. The lowest BCUT2D eigenvalue weighted by Gasteiger charge is -2.15. The quantitative estimate of drug-likeness (QED) is 0.695. The fraction of sp³-hybridized carbons (Fsp3) is 0.133. The number of carbonyl (C=O) groups is 1. The largest absolute Gasteiger partial charge is 0.345 e. The third-order valence-corrected chi connectivity index (χ3v) is 3.12. The molecule has 1 atom stereocenters. The van der Waals surface area contributed by atoms with Crippen molar-refractivity contribution in [1.82, 2.24) is 5.32 Å². The molecule has 2 aromatic rings. The number of nitro groups is 1. The van der Waals surface area contributed by atoms with Gasteiger partial charge in [0.25, 0.3) is 11.6 Å². The van der Waals surface area contributed by atoms with Crippen molar-refractivity contribution < 1.29 is 18.5 Å². The second kappa shape index (κ2) is 6.30. The minimum Gasteiger partial charge on any atom is -0.345 e. The summed E-state index contributed by atoms with van der Waals surface area (Å²) in [6, 6.07) is 7.45. The molecule has 7 heteroatoms. The maximum Gasteiger partial charge on any atom is 0.269 e. The normalized spacial score (nSPS) is 11.8. The molecule has 0 aliphatic rings. The summed E-state index contributed by atoms with van der Waals surface area (Å²) in [5.74, 6) is -1.96. The maximum atomic E-state index is 13.6. The Morgan fingerprint density at radius 1 is 1.18 bits per heavy atom. The van der Waals surface area contributed by atoms with E-state index in [9.17, 15) is 23.7 Å². The minimum atomic E-state index is -0.753. The van der Waals surface area contributed by atoms with E-state index in [-0.39, 0.29) is 16.8 Å². The number of amides is 1. The number of nitro benzene ring substituents is 1. The molecule has 0 radical (unpaired) electrons. The van der Waals surface area contributed by atoms with E-state index in [2.05, 4.69) is 5.32 Å². The molecule has 0 spiro atoms. The van der Waals surface area contributed by atoms with E-state index < -0.39 is 28.5 Å². The van der Waals surface area contributed by atoms with E-state index >= 15 is 0 Å². The highest BCUT2D eigenvalue weighted by atomic mass is 19.1. The van der Waals surface area contributed by atoms with Gasteiger partial charge in [-0.1, -0.05) is 6.07 Å². The second-order valence-electron chi connectivity index (χ2n) is 4.66. The van der Waals surface area contributed by atoms with Crippen LogP contribution in [0.3, 0.4) is 0 Å². The predicted octanol–water partition coefficient (Wildman–Crippen LogP) is 3.36. The number of non-ortho nitro benzene ring substituents is 1. The molecule has 1 amide bonds. The fourth-order valence-electron chi connectivity index (χ4n) is 1.94. The van der Waals surface area contributed by atoms with Gasteiger partial charge in [-0.2, -0.15) is 0 Å². The lowest BCUT2D eigenvalue weighted by Crippen LogP contribution is -2.27. The van der Waals surface area contributed by atoms with Gasteiger partial charge in [0.05, 0.1) is 11.0 Å². The van der Waals surface area contributed by atoms with Gasteiger partial charge >= 0.3 is 0 Å². The first-order chi connectivity index (χ1) is 10.4. The van der Waals surface area contributed by atoms with Gasteiger partial charge in [-0.25, -0.2) is 8.78 Å². The summed E-state index contributed by atoms with van der Waals surface area (Å²) in [7, 11) is 0. The molecular formula is C15H12F2N2O3. The van der Waals surface area contributed by atoms with Gasteiger partial charge in [-0.3, -0.25) is 14.9 Å². The molecule has 0 bridgehead atoms. The van der Waals surface area contributed by atoms with Crippen LogP contribution >= 0.6 is 0 Å². The standard InChI is InChI=1S/C15H12F2N2O3/c1-9(13-7-4-11(16)8-14(13)17)18-15(20)10-2-5-12(6-3-10)19(21)22/h2-9H,1H3,(H,18,20)/t9-/m1/s1. The summed E-state index contributed by atoms with van der Waals surface area (Å²) in [6.07, 6.45) is 0. The first-order valence-electron chi connectivity index (χ1n) is 6.38. The molecule has 0 saturated carbocycles. The molecular weight excluding hydrogens is 294 g/mol. The molecule has 22 heavy (non-hydrogen) atoms. The first kappa shape index (κ1) is 15.6. The summed E-state index contributed by atoms with van der Waals surface area (Å²) in [4.78, 5) is 22.0. The molecule has 0 unspecified atom stereocenters. The molecule has 0 fully saturated rings. The van der Waals surface area contributed by atoms with E-state index in [1.807, 2.05) is 0 Å². The van der Waals surface area contributed by atoms with Gasteiger partial charge in [0, 0.05) is 29.3 Å². The van der Waals surface area contributed by atoms with Crippen LogP contribution in [0.25, 0.3) is 0 Å². The minimum absolute atomic E-state index is 0.130. The van der Waals surface area contributed by atoms with E-state index in [0.29, 0.717) is 0 Å². The maximum absolute atomic E-state index is 13.6. The first-order valence-corrected chi connectivity index (χ1v) is 6.38. The molecule has 5 nitrogen and oxygen atoms in total. The van der Waals surface area contributed by atoms with Crippen molar-refractivity contribution in [3.05, 3.63) is 75.3 Å². The highest BCUT2D eigenvalue weighted by molar-refractivity contribution is 5.94. The van der Waals surface area contributed by atoms with Crippen molar-refractivity contribution in [1.29, 1.82) is 0 Å². The Morgan fingerprint density at radius 2 is 1.82 bits per heavy atom. The molecule has 114 valence electrons. The number of rotatable bonds is 4. The van der Waals surface area contributed by atoms with Crippen molar-refractivity contribution in [2.24, 2.45) is 0 Å². The van der Waals surface area contributed by atoms with Gasteiger partial charge in [0.15, 0.2) is 0 Å². The summed E-state index contributed by atoms with van der Waals surface area (Å²) < 4.78 is 26.5. The zero-order valence-corrected chi connectivity index (χ0v) is 11.5. The van der Waals surface area contributed by atoms with Gasteiger partial charge in [0.1, 0.15) is 11.6 Å². The lowest BCUT2D eigenvalue weighted by molar-refractivity contribution is -0.384. The van der Waals surface area contributed by atoms with Crippen LogP contribution in [0.2, 0.25) is 0 Å². The molecule has 0 aliphatic carbocycles. The second-order valence-corrected chi connectivity index (χ2v) is 4.66. The number of nitrogens with one attached hydrogen (secondary N) is 1. The Bertz CT molecular complexity index is 717. The molecule has 2 rings (SSSR count). The summed E-state index contributed by atoms with van der Waals surface area (Å²) in [5.41, 5.74) is 0.228. The monoisotopic (exact) mass is 306 g/mol. The smallest absolute Gasteiger partial charge is 0.269 e. The number of hydrogen-bond acceptors (Lipinski definition) is 3. The average molecular weight is 306 g/mol. The number of carbonyl (C=O) groups excluding carboxylic acids is 1. The summed E-state index contributed by atoms with van der Waals surface area (Å²) in [5, 5.41) is 13.1. The van der Waals surface area contributed by atoms with Gasteiger partial charge in [-0.15, -0.1) is 0 Å². The molecule has 2 aromatic carbocycles. The van der Waals surface area contributed by atoms with E-state index in [1.54, 1.807) is 6.92 Å². The van der Waals surface area contributed by atoms with E-state index in [0.717, 1.165) is 12.1 Å². The van der Waals surface area contributed by atoms with Gasteiger partial charge < -0.3 is 5.32 Å². The van der Waals surface area contributed by atoms with Crippen LogP contribution in [0.15, 0.2) is 42.5 Å². The van der Waals surface area contributed by atoms with Crippen LogP contribution in [0, 0.1) is 21.7 Å². The molecule has 0 aliphatic heterocycles. The highest BCUT2D eigenvalue weighted by Crippen LogP contribution is 2.19. The van der Waals surface area contributed by atoms with Crippen molar-refractivity contribution in [3.63, 3.8) is 0 Å². The zero-order valence-electron chi connectivity index (χ0n) is 11.5. The predicted molar refractivity (Wildman–Crippen MR) is 75.3 cm³/mol. The topological polar surface area (TPSA) is 72.2 Å². The SMILES string of the molecule is C[C@@H](NC(=O)c1ccc([N+](=O)[O-])cc1)c1ccc(F)cc1F.